The molecule has 1 aromatic carbocycles. The standard InChI is InChI=1S/C18H19ClN4O4/c19-13-3-1-2-4-14(13)23-17(11-5-6-11)20-16(21-23)18(26)22-7-8-27-12(10-22)9-15(24)25/h1-4,11-12H,5-10H2,(H,24,25). The Bertz CT molecular complexity index is 880. The van der Waals surface area contributed by atoms with Crippen LogP contribution in [0.2, 0.25) is 5.02 Å². The largest absolute Gasteiger partial charge is 0.481 e. The number of morpholine rings is 1. The van der Waals surface area contributed by atoms with Crippen molar-refractivity contribution in [3.63, 3.8) is 0 Å². The van der Waals surface area contributed by atoms with E-state index in [2.05, 4.69) is 10.1 Å². The van der Waals surface area contributed by atoms with Crippen LogP contribution in [0.4, 0.5) is 0 Å². The van der Waals surface area contributed by atoms with Gasteiger partial charge in [0.2, 0.25) is 5.82 Å². The summed E-state index contributed by atoms with van der Waals surface area (Å²) in [6, 6.07) is 7.31. The normalized spacial score (nSPS) is 19.9. The molecule has 9 heteroatoms. The zero-order chi connectivity index (χ0) is 19.0. The van der Waals surface area contributed by atoms with Crippen LogP contribution in [0.5, 0.6) is 0 Å². The van der Waals surface area contributed by atoms with E-state index in [-0.39, 0.29) is 30.6 Å². The third kappa shape index (κ3) is 3.81. The number of carboxylic acids is 1. The van der Waals surface area contributed by atoms with Crippen LogP contribution in [-0.4, -0.2) is 62.4 Å². The molecule has 1 N–H and O–H groups in total. The van der Waals surface area contributed by atoms with E-state index in [1.165, 1.54) is 0 Å². The van der Waals surface area contributed by atoms with E-state index in [0.717, 1.165) is 18.7 Å². The Hall–Kier alpha value is -2.45. The van der Waals surface area contributed by atoms with Gasteiger partial charge >= 0.3 is 5.97 Å². The summed E-state index contributed by atoms with van der Waals surface area (Å²) in [6.07, 6.45) is 1.36. The molecule has 2 heterocycles. The number of amides is 1. The summed E-state index contributed by atoms with van der Waals surface area (Å²) in [6.45, 7) is 0.892. The van der Waals surface area contributed by atoms with E-state index in [1.54, 1.807) is 15.6 Å². The molecular formula is C18H19ClN4O4. The first-order chi connectivity index (χ1) is 13.0. The molecule has 1 aliphatic heterocycles. The Morgan fingerprint density at radius 2 is 2.07 bits per heavy atom. The van der Waals surface area contributed by atoms with E-state index in [0.29, 0.717) is 23.9 Å². The first kappa shape index (κ1) is 17.9. The van der Waals surface area contributed by atoms with Gasteiger partial charge in [-0.25, -0.2) is 9.67 Å². The summed E-state index contributed by atoms with van der Waals surface area (Å²) >= 11 is 6.30. The first-order valence-corrected chi connectivity index (χ1v) is 9.25. The number of hydrogen-bond acceptors (Lipinski definition) is 5. The Balaban J connectivity index is 1.60. The SMILES string of the molecule is O=C(O)CC1CN(C(=O)c2nc(C3CC3)n(-c3ccccc3Cl)n2)CCO1. The number of benzene rings is 1. The molecule has 1 saturated heterocycles. The number of halogens is 1. The second kappa shape index (κ2) is 7.28. The van der Waals surface area contributed by atoms with Crippen molar-refractivity contribution in [2.45, 2.75) is 31.3 Å². The highest BCUT2D eigenvalue weighted by Crippen LogP contribution is 2.40. The molecule has 8 nitrogen and oxygen atoms in total. The van der Waals surface area contributed by atoms with Gasteiger partial charge in [-0.15, -0.1) is 5.10 Å². The summed E-state index contributed by atoms with van der Waals surface area (Å²) in [5.41, 5.74) is 0.693. The minimum absolute atomic E-state index is 0.104. The summed E-state index contributed by atoms with van der Waals surface area (Å²) in [5, 5.41) is 13.9. The van der Waals surface area contributed by atoms with Gasteiger partial charge in [-0.1, -0.05) is 23.7 Å². The van der Waals surface area contributed by atoms with Gasteiger partial charge in [0.25, 0.3) is 5.91 Å². The van der Waals surface area contributed by atoms with Crippen LogP contribution in [0, 0.1) is 0 Å². The van der Waals surface area contributed by atoms with Crippen molar-refractivity contribution in [2.75, 3.05) is 19.7 Å². The van der Waals surface area contributed by atoms with Crippen LogP contribution in [0.15, 0.2) is 24.3 Å². The monoisotopic (exact) mass is 390 g/mol. The molecule has 1 amide bonds. The Labute approximate surface area is 160 Å². The number of hydrogen-bond donors (Lipinski definition) is 1. The highest BCUT2D eigenvalue weighted by molar-refractivity contribution is 6.32. The highest BCUT2D eigenvalue weighted by Gasteiger charge is 2.34. The Kier molecular flexibility index (Phi) is 4.84. The molecular weight excluding hydrogens is 372 g/mol. The minimum atomic E-state index is -0.952. The lowest BCUT2D eigenvalue weighted by molar-refractivity contribution is -0.141. The number of carbonyl (C=O) groups excluding carboxylic acids is 1. The molecule has 1 aromatic heterocycles. The lowest BCUT2D eigenvalue weighted by Crippen LogP contribution is -2.46. The van der Waals surface area contributed by atoms with Crippen molar-refractivity contribution in [2.24, 2.45) is 0 Å². The molecule has 0 radical (unpaired) electrons. The number of carbonyl (C=O) groups is 2. The molecule has 142 valence electrons. The highest BCUT2D eigenvalue weighted by atomic mass is 35.5. The summed E-state index contributed by atoms with van der Waals surface area (Å²) in [5.74, 6) is -0.151. The molecule has 1 aliphatic carbocycles. The van der Waals surface area contributed by atoms with Gasteiger partial charge in [-0.2, -0.15) is 0 Å². The maximum atomic E-state index is 12.9. The van der Waals surface area contributed by atoms with Crippen molar-refractivity contribution in [3.8, 4) is 5.69 Å². The van der Waals surface area contributed by atoms with E-state index in [9.17, 15) is 9.59 Å². The fourth-order valence-electron chi connectivity index (χ4n) is 3.18. The quantitative estimate of drug-likeness (QED) is 0.839. The second-order valence-corrected chi connectivity index (χ2v) is 7.18. The number of carboxylic acid groups (broad SMARTS) is 1. The first-order valence-electron chi connectivity index (χ1n) is 8.87. The molecule has 4 rings (SSSR count). The molecule has 0 spiro atoms. The maximum absolute atomic E-state index is 12.9. The fourth-order valence-corrected chi connectivity index (χ4v) is 3.40. The number of ether oxygens (including phenoxy) is 1. The van der Waals surface area contributed by atoms with Crippen molar-refractivity contribution in [1.82, 2.24) is 19.7 Å². The second-order valence-electron chi connectivity index (χ2n) is 6.77. The Morgan fingerprint density at radius 3 is 2.78 bits per heavy atom. The van der Waals surface area contributed by atoms with Gasteiger partial charge in [0.1, 0.15) is 5.82 Å². The summed E-state index contributed by atoms with van der Waals surface area (Å²) < 4.78 is 7.08. The third-order valence-electron chi connectivity index (χ3n) is 4.67. The van der Waals surface area contributed by atoms with Gasteiger partial charge in [0, 0.05) is 19.0 Å². The molecule has 0 bridgehead atoms. The predicted molar refractivity (Wildman–Crippen MR) is 96.2 cm³/mol. The molecule has 2 aliphatic rings. The van der Waals surface area contributed by atoms with Gasteiger partial charge in [-0.05, 0) is 25.0 Å². The van der Waals surface area contributed by atoms with Crippen molar-refractivity contribution in [1.29, 1.82) is 0 Å². The average Bonchev–Trinajstić information content (AvgIpc) is 3.40. The van der Waals surface area contributed by atoms with Crippen LogP contribution in [0.25, 0.3) is 5.69 Å². The zero-order valence-corrected chi connectivity index (χ0v) is 15.3. The predicted octanol–water partition coefficient (Wildman–Crippen LogP) is 2.11. The van der Waals surface area contributed by atoms with Gasteiger partial charge in [-0.3, -0.25) is 9.59 Å². The number of nitrogens with zero attached hydrogens (tertiary/aromatic N) is 4. The fraction of sp³-hybridized carbons (Fsp3) is 0.444. The Morgan fingerprint density at radius 1 is 1.30 bits per heavy atom. The number of para-hydroxylation sites is 1. The summed E-state index contributed by atoms with van der Waals surface area (Å²) in [7, 11) is 0. The van der Waals surface area contributed by atoms with Gasteiger partial charge in [0.05, 0.1) is 29.8 Å². The molecule has 27 heavy (non-hydrogen) atoms. The van der Waals surface area contributed by atoms with E-state index in [4.69, 9.17) is 21.4 Å². The smallest absolute Gasteiger partial charge is 0.306 e. The lowest BCUT2D eigenvalue weighted by Gasteiger charge is -2.31. The maximum Gasteiger partial charge on any atom is 0.306 e. The van der Waals surface area contributed by atoms with Crippen molar-refractivity contribution >= 4 is 23.5 Å². The third-order valence-corrected chi connectivity index (χ3v) is 4.99. The van der Waals surface area contributed by atoms with Gasteiger partial charge < -0.3 is 14.7 Å². The molecule has 1 atom stereocenters. The lowest BCUT2D eigenvalue weighted by atomic mass is 10.2. The number of aromatic nitrogens is 3. The average molecular weight is 391 g/mol. The van der Waals surface area contributed by atoms with Crippen molar-refractivity contribution < 1.29 is 19.4 Å². The van der Waals surface area contributed by atoms with E-state index < -0.39 is 12.1 Å². The van der Waals surface area contributed by atoms with Crippen LogP contribution >= 0.6 is 11.6 Å². The molecule has 2 fully saturated rings. The summed E-state index contributed by atoms with van der Waals surface area (Å²) in [4.78, 5) is 29.9. The van der Waals surface area contributed by atoms with Crippen molar-refractivity contribution in [3.05, 3.63) is 40.9 Å². The molecule has 2 aromatic rings. The number of aliphatic carboxylic acids is 1. The van der Waals surface area contributed by atoms with Crippen LogP contribution in [0.3, 0.4) is 0 Å². The van der Waals surface area contributed by atoms with Crippen LogP contribution in [0.1, 0.15) is 41.6 Å². The molecule has 1 saturated carbocycles. The topological polar surface area (TPSA) is 97.6 Å². The molecule has 1 unspecified atom stereocenters. The van der Waals surface area contributed by atoms with Crippen LogP contribution < -0.4 is 0 Å². The van der Waals surface area contributed by atoms with Crippen LogP contribution in [-0.2, 0) is 9.53 Å². The van der Waals surface area contributed by atoms with Gasteiger partial charge in [0.15, 0.2) is 0 Å². The zero-order valence-electron chi connectivity index (χ0n) is 14.5. The van der Waals surface area contributed by atoms with E-state index in [1.807, 2.05) is 18.2 Å². The number of rotatable bonds is 5. The minimum Gasteiger partial charge on any atom is -0.481 e. The van der Waals surface area contributed by atoms with E-state index >= 15 is 0 Å².